The molecule has 2 aromatic rings. The molecule has 0 bridgehead atoms. The molecule has 0 aliphatic carbocycles. The second kappa shape index (κ2) is 5.67. The summed E-state index contributed by atoms with van der Waals surface area (Å²) in [5.74, 6) is -0.174. The molecule has 1 unspecified atom stereocenters. The Morgan fingerprint density at radius 1 is 1.27 bits per heavy atom. The monoisotopic (exact) mass is 297 g/mol. The summed E-state index contributed by atoms with van der Waals surface area (Å²) in [5.41, 5.74) is 3.78. The summed E-state index contributed by atoms with van der Waals surface area (Å²) in [4.78, 5) is 24.0. The van der Waals surface area contributed by atoms with Crippen LogP contribution < -0.4 is 10.6 Å². The van der Waals surface area contributed by atoms with Gasteiger partial charge in [0.25, 0.3) is 5.91 Å². The summed E-state index contributed by atoms with van der Waals surface area (Å²) in [5, 5.41) is 5.77. The number of fused-ring (bicyclic) bond motifs is 1. The molecule has 0 radical (unpaired) electrons. The van der Waals surface area contributed by atoms with E-state index in [1.54, 1.807) is 6.07 Å². The zero-order valence-electron chi connectivity index (χ0n) is 12.7. The lowest BCUT2D eigenvalue weighted by molar-refractivity contribution is -0.121. The molecule has 2 N–H and O–H groups in total. The smallest absolute Gasteiger partial charge is 0.252 e. The summed E-state index contributed by atoms with van der Waals surface area (Å²) in [6.45, 7) is 2.52. The number of nitrogens with one attached hydrogen (secondary N) is 2. The lowest BCUT2D eigenvalue weighted by Crippen LogP contribution is -2.29. The van der Waals surface area contributed by atoms with Gasteiger partial charge in [-0.2, -0.15) is 0 Å². The van der Waals surface area contributed by atoms with E-state index in [0.717, 1.165) is 17.0 Å². The van der Waals surface area contributed by atoms with Gasteiger partial charge in [-0.05, 0) is 30.7 Å². The zero-order chi connectivity index (χ0) is 15.7. The first kappa shape index (κ1) is 14.4. The van der Waals surface area contributed by atoms with E-state index in [1.807, 2.05) is 48.9 Å². The molecule has 5 nitrogen and oxygen atoms in total. The number of aryl methyl sites for hydroxylation is 1. The maximum absolute atomic E-state index is 12.1. The Morgan fingerprint density at radius 2 is 2.05 bits per heavy atom. The molecule has 0 fully saturated rings. The molecule has 3 rings (SSSR count). The van der Waals surface area contributed by atoms with Crippen molar-refractivity contribution in [3.63, 3.8) is 0 Å². The zero-order valence-corrected chi connectivity index (χ0v) is 12.7. The van der Waals surface area contributed by atoms with E-state index in [2.05, 4.69) is 10.6 Å². The number of rotatable bonds is 4. The summed E-state index contributed by atoms with van der Waals surface area (Å²) in [6, 6.07) is 11.2. The SMILES string of the molecule is Cc1ccc(CNC(=O)CC2NC(=O)c3ccccc32)n1C. The van der Waals surface area contributed by atoms with Crippen LogP contribution in [0, 0.1) is 6.92 Å². The molecule has 1 aliphatic heterocycles. The normalized spacial score (nSPS) is 16.3. The number of carbonyl (C=O) groups excluding carboxylic acids is 2. The van der Waals surface area contributed by atoms with Crippen LogP contribution in [0.1, 0.15) is 39.8 Å². The number of aromatic nitrogens is 1. The van der Waals surface area contributed by atoms with Gasteiger partial charge < -0.3 is 15.2 Å². The third-order valence-electron chi connectivity index (χ3n) is 4.22. The number of hydrogen-bond donors (Lipinski definition) is 2. The van der Waals surface area contributed by atoms with Gasteiger partial charge in [0.15, 0.2) is 0 Å². The number of benzene rings is 1. The Hall–Kier alpha value is -2.56. The summed E-state index contributed by atoms with van der Waals surface area (Å²) in [7, 11) is 1.98. The Kier molecular flexibility index (Phi) is 3.71. The van der Waals surface area contributed by atoms with Crippen LogP contribution in [-0.2, 0) is 18.4 Å². The van der Waals surface area contributed by atoms with Crippen molar-refractivity contribution in [2.75, 3.05) is 0 Å². The maximum atomic E-state index is 12.1. The first-order valence-corrected chi connectivity index (χ1v) is 7.34. The third-order valence-corrected chi connectivity index (χ3v) is 4.22. The fourth-order valence-corrected chi connectivity index (χ4v) is 2.77. The highest BCUT2D eigenvalue weighted by atomic mass is 16.2. The van der Waals surface area contributed by atoms with Crippen molar-refractivity contribution in [3.8, 4) is 0 Å². The summed E-state index contributed by atoms with van der Waals surface area (Å²) in [6.07, 6.45) is 0.256. The average Bonchev–Trinajstić information content (AvgIpc) is 2.99. The molecular formula is C17H19N3O2. The Morgan fingerprint density at radius 3 is 2.77 bits per heavy atom. The molecule has 1 aromatic carbocycles. The molecule has 2 heterocycles. The van der Waals surface area contributed by atoms with E-state index in [1.165, 1.54) is 0 Å². The van der Waals surface area contributed by atoms with E-state index in [-0.39, 0.29) is 24.3 Å². The molecule has 5 heteroatoms. The van der Waals surface area contributed by atoms with E-state index < -0.39 is 0 Å². The lowest BCUT2D eigenvalue weighted by Gasteiger charge is -2.12. The molecule has 0 saturated carbocycles. The van der Waals surface area contributed by atoms with Crippen LogP contribution in [0.2, 0.25) is 0 Å². The Balaban J connectivity index is 1.61. The van der Waals surface area contributed by atoms with Crippen LogP contribution in [0.3, 0.4) is 0 Å². The van der Waals surface area contributed by atoms with Crippen molar-refractivity contribution >= 4 is 11.8 Å². The van der Waals surface area contributed by atoms with Gasteiger partial charge in [-0.3, -0.25) is 9.59 Å². The molecule has 114 valence electrons. The van der Waals surface area contributed by atoms with E-state index in [9.17, 15) is 9.59 Å². The van der Waals surface area contributed by atoms with Gasteiger partial charge in [0, 0.05) is 24.0 Å². The standard InChI is InChI=1S/C17H19N3O2/c1-11-7-8-12(20(11)2)10-18-16(21)9-15-13-5-3-4-6-14(13)17(22)19-15/h3-8,15H,9-10H2,1-2H3,(H,18,21)(H,19,22). The minimum absolute atomic E-state index is 0.0687. The van der Waals surface area contributed by atoms with Gasteiger partial charge in [-0.25, -0.2) is 0 Å². The number of carbonyl (C=O) groups is 2. The van der Waals surface area contributed by atoms with E-state index >= 15 is 0 Å². The van der Waals surface area contributed by atoms with Crippen molar-refractivity contribution in [2.45, 2.75) is 25.9 Å². The maximum Gasteiger partial charge on any atom is 0.252 e. The van der Waals surface area contributed by atoms with Gasteiger partial charge in [-0.1, -0.05) is 18.2 Å². The highest BCUT2D eigenvalue weighted by Gasteiger charge is 2.29. The van der Waals surface area contributed by atoms with E-state index in [0.29, 0.717) is 12.1 Å². The fraction of sp³-hybridized carbons (Fsp3) is 0.294. The molecule has 1 atom stereocenters. The second-order valence-electron chi connectivity index (χ2n) is 5.62. The van der Waals surface area contributed by atoms with Crippen LogP contribution >= 0.6 is 0 Å². The minimum atomic E-state index is -0.237. The van der Waals surface area contributed by atoms with Crippen molar-refractivity contribution < 1.29 is 9.59 Å². The molecule has 1 aliphatic rings. The molecular weight excluding hydrogens is 278 g/mol. The van der Waals surface area contributed by atoms with Crippen LogP contribution in [0.25, 0.3) is 0 Å². The summed E-state index contributed by atoms with van der Waals surface area (Å²) >= 11 is 0. The van der Waals surface area contributed by atoms with Crippen LogP contribution in [-0.4, -0.2) is 16.4 Å². The van der Waals surface area contributed by atoms with Gasteiger partial charge >= 0.3 is 0 Å². The molecule has 0 spiro atoms. The fourth-order valence-electron chi connectivity index (χ4n) is 2.77. The van der Waals surface area contributed by atoms with E-state index in [4.69, 9.17) is 0 Å². The van der Waals surface area contributed by atoms with Gasteiger partial charge in [-0.15, -0.1) is 0 Å². The minimum Gasteiger partial charge on any atom is -0.350 e. The van der Waals surface area contributed by atoms with Crippen molar-refractivity contribution in [1.29, 1.82) is 0 Å². The van der Waals surface area contributed by atoms with Crippen LogP contribution in [0.15, 0.2) is 36.4 Å². The van der Waals surface area contributed by atoms with Crippen molar-refractivity contribution in [2.24, 2.45) is 7.05 Å². The number of amides is 2. The number of hydrogen-bond acceptors (Lipinski definition) is 2. The van der Waals surface area contributed by atoms with Crippen molar-refractivity contribution in [1.82, 2.24) is 15.2 Å². The highest BCUT2D eigenvalue weighted by Crippen LogP contribution is 2.27. The van der Waals surface area contributed by atoms with Gasteiger partial charge in [0.05, 0.1) is 19.0 Å². The topological polar surface area (TPSA) is 63.1 Å². The molecule has 1 aromatic heterocycles. The van der Waals surface area contributed by atoms with Crippen LogP contribution in [0.4, 0.5) is 0 Å². The van der Waals surface area contributed by atoms with Gasteiger partial charge in [0.1, 0.15) is 0 Å². The molecule has 2 amide bonds. The lowest BCUT2D eigenvalue weighted by atomic mass is 10.0. The van der Waals surface area contributed by atoms with Crippen LogP contribution in [0.5, 0.6) is 0 Å². The third kappa shape index (κ3) is 2.62. The molecule has 0 saturated heterocycles. The highest BCUT2D eigenvalue weighted by molar-refractivity contribution is 5.99. The quantitative estimate of drug-likeness (QED) is 0.904. The number of nitrogens with zero attached hydrogens (tertiary/aromatic N) is 1. The largest absolute Gasteiger partial charge is 0.350 e. The first-order valence-electron chi connectivity index (χ1n) is 7.34. The predicted octanol–water partition coefficient (Wildman–Crippen LogP) is 1.82. The first-order chi connectivity index (χ1) is 10.6. The second-order valence-corrected chi connectivity index (χ2v) is 5.62. The Bertz CT molecular complexity index is 733. The summed E-state index contributed by atoms with van der Waals surface area (Å²) < 4.78 is 2.05. The van der Waals surface area contributed by atoms with Gasteiger partial charge in [0.2, 0.25) is 5.91 Å². The Labute approximate surface area is 129 Å². The average molecular weight is 297 g/mol. The predicted molar refractivity (Wildman–Crippen MR) is 83.3 cm³/mol. The molecule has 22 heavy (non-hydrogen) atoms. The van der Waals surface area contributed by atoms with Crippen molar-refractivity contribution in [3.05, 3.63) is 58.9 Å².